The standard InChI is InChI=1S/C12H19N3O4S/c1-6-12(7(2)19-14-6)20(16,17)15-10-9(13)8-4-3-5-18-11(8)10/h8-11,15H,3-5,13H2,1-2H3. The van der Waals surface area contributed by atoms with Crippen molar-refractivity contribution in [3.05, 3.63) is 11.5 Å². The molecule has 0 bridgehead atoms. The first-order chi connectivity index (χ1) is 9.42. The molecule has 3 N–H and O–H groups in total. The lowest BCUT2D eigenvalue weighted by molar-refractivity contribution is -0.114. The molecule has 20 heavy (non-hydrogen) atoms. The Morgan fingerprint density at radius 2 is 2.15 bits per heavy atom. The molecule has 4 atom stereocenters. The summed E-state index contributed by atoms with van der Waals surface area (Å²) in [6.45, 7) is 3.85. The van der Waals surface area contributed by atoms with E-state index in [1.807, 2.05) is 0 Å². The zero-order valence-electron chi connectivity index (χ0n) is 11.5. The third-order valence-corrected chi connectivity index (χ3v) is 5.91. The van der Waals surface area contributed by atoms with E-state index in [2.05, 4.69) is 9.88 Å². The summed E-state index contributed by atoms with van der Waals surface area (Å²) in [5.41, 5.74) is 6.42. The van der Waals surface area contributed by atoms with Crippen molar-refractivity contribution >= 4 is 10.0 Å². The van der Waals surface area contributed by atoms with Crippen molar-refractivity contribution in [2.45, 2.75) is 49.8 Å². The van der Waals surface area contributed by atoms with E-state index in [0.29, 0.717) is 12.3 Å². The smallest absolute Gasteiger partial charge is 0.246 e. The minimum Gasteiger partial charge on any atom is -0.376 e. The summed E-state index contributed by atoms with van der Waals surface area (Å²) >= 11 is 0. The fourth-order valence-corrected chi connectivity index (χ4v) is 4.80. The van der Waals surface area contributed by atoms with Crippen LogP contribution in [0.1, 0.15) is 24.3 Å². The second-order valence-corrected chi connectivity index (χ2v) is 7.17. The summed E-state index contributed by atoms with van der Waals surface area (Å²) in [6.07, 6.45) is 1.86. The number of sulfonamides is 1. The van der Waals surface area contributed by atoms with Gasteiger partial charge in [0.05, 0.1) is 12.1 Å². The Morgan fingerprint density at radius 3 is 2.80 bits per heavy atom. The van der Waals surface area contributed by atoms with Crippen LogP contribution in [0.25, 0.3) is 0 Å². The number of ether oxygens (including phenoxy) is 1. The van der Waals surface area contributed by atoms with E-state index in [1.165, 1.54) is 0 Å². The summed E-state index contributed by atoms with van der Waals surface area (Å²) in [6, 6.07) is -0.574. The van der Waals surface area contributed by atoms with Crippen molar-refractivity contribution in [3.8, 4) is 0 Å². The van der Waals surface area contributed by atoms with Crippen molar-refractivity contribution in [2.75, 3.05) is 6.61 Å². The van der Waals surface area contributed by atoms with Gasteiger partial charge in [-0.1, -0.05) is 5.16 Å². The molecule has 2 heterocycles. The number of aromatic nitrogens is 1. The highest BCUT2D eigenvalue weighted by Gasteiger charge is 2.52. The van der Waals surface area contributed by atoms with Gasteiger partial charge in [-0.05, 0) is 26.7 Å². The highest BCUT2D eigenvalue weighted by atomic mass is 32.2. The van der Waals surface area contributed by atoms with Crippen LogP contribution in [-0.4, -0.2) is 38.4 Å². The van der Waals surface area contributed by atoms with E-state index in [-0.39, 0.29) is 34.8 Å². The van der Waals surface area contributed by atoms with Crippen LogP contribution < -0.4 is 10.5 Å². The molecule has 0 radical (unpaired) electrons. The molecule has 4 unspecified atom stereocenters. The van der Waals surface area contributed by atoms with Crippen molar-refractivity contribution in [2.24, 2.45) is 11.7 Å². The average Bonchev–Trinajstić information content (AvgIpc) is 2.76. The van der Waals surface area contributed by atoms with Gasteiger partial charge in [0.2, 0.25) is 10.0 Å². The summed E-state index contributed by atoms with van der Waals surface area (Å²) in [7, 11) is -3.69. The lowest BCUT2D eigenvalue weighted by atomic mass is 9.69. The molecule has 0 spiro atoms. The van der Waals surface area contributed by atoms with Gasteiger partial charge in [-0.2, -0.15) is 0 Å². The molecule has 1 aromatic heterocycles. The third kappa shape index (κ3) is 2.07. The zero-order chi connectivity index (χ0) is 14.5. The lowest BCUT2D eigenvalue weighted by Crippen LogP contribution is -2.71. The lowest BCUT2D eigenvalue weighted by Gasteiger charge is -2.52. The number of aryl methyl sites for hydroxylation is 2. The molecular weight excluding hydrogens is 282 g/mol. The maximum atomic E-state index is 12.4. The van der Waals surface area contributed by atoms with Crippen molar-refractivity contribution in [3.63, 3.8) is 0 Å². The van der Waals surface area contributed by atoms with Crippen LogP contribution in [0.15, 0.2) is 9.42 Å². The second kappa shape index (κ2) is 4.80. The molecule has 3 rings (SSSR count). The molecule has 1 aliphatic heterocycles. The van der Waals surface area contributed by atoms with Gasteiger partial charge in [0.15, 0.2) is 5.76 Å². The quantitative estimate of drug-likeness (QED) is 0.818. The zero-order valence-corrected chi connectivity index (χ0v) is 12.3. The Bertz CT molecular complexity index is 593. The van der Waals surface area contributed by atoms with Crippen LogP contribution in [0.5, 0.6) is 0 Å². The fourth-order valence-electron chi connectivity index (χ4n) is 3.19. The van der Waals surface area contributed by atoms with Gasteiger partial charge in [0, 0.05) is 18.6 Å². The molecule has 1 aliphatic carbocycles. The Balaban J connectivity index is 1.81. The van der Waals surface area contributed by atoms with E-state index >= 15 is 0 Å². The number of fused-ring (bicyclic) bond motifs is 1. The highest BCUT2D eigenvalue weighted by molar-refractivity contribution is 7.89. The first-order valence-electron chi connectivity index (χ1n) is 6.74. The summed E-state index contributed by atoms with van der Waals surface area (Å²) < 4.78 is 38.1. The summed E-state index contributed by atoms with van der Waals surface area (Å²) in [5.74, 6) is 0.533. The van der Waals surface area contributed by atoms with Crippen LogP contribution in [-0.2, 0) is 14.8 Å². The molecule has 2 aliphatic rings. The van der Waals surface area contributed by atoms with Gasteiger partial charge in [-0.25, -0.2) is 13.1 Å². The first-order valence-corrected chi connectivity index (χ1v) is 8.22. The maximum Gasteiger partial charge on any atom is 0.246 e. The van der Waals surface area contributed by atoms with E-state index in [4.69, 9.17) is 15.0 Å². The molecule has 7 nitrogen and oxygen atoms in total. The Hall–Kier alpha value is -0.960. The molecule has 0 amide bonds. The fraction of sp³-hybridized carbons (Fsp3) is 0.750. The molecule has 1 aromatic rings. The number of nitrogens with two attached hydrogens (primary N) is 1. The highest BCUT2D eigenvalue weighted by Crippen LogP contribution is 2.37. The van der Waals surface area contributed by atoms with Gasteiger partial charge in [0.1, 0.15) is 10.6 Å². The SMILES string of the molecule is Cc1noc(C)c1S(=O)(=O)NC1C(N)C2CCCOC21. The first kappa shape index (κ1) is 14.0. The van der Waals surface area contributed by atoms with Crippen molar-refractivity contribution in [1.29, 1.82) is 0 Å². The molecule has 0 aromatic carbocycles. The predicted molar refractivity (Wildman–Crippen MR) is 70.5 cm³/mol. The summed E-state index contributed by atoms with van der Waals surface area (Å²) in [4.78, 5) is 0.101. The van der Waals surface area contributed by atoms with Crippen LogP contribution in [0.4, 0.5) is 0 Å². The van der Waals surface area contributed by atoms with Crippen LogP contribution in [0.3, 0.4) is 0 Å². The predicted octanol–water partition coefficient (Wildman–Crippen LogP) is 0.0744. The Kier molecular flexibility index (Phi) is 3.36. The maximum absolute atomic E-state index is 12.4. The molecule has 112 valence electrons. The number of nitrogens with one attached hydrogen (secondary N) is 1. The molecule has 8 heteroatoms. The average molecular weight is 301 g/mol. The topological polar surface area (TPSA) is 107 Å². The van der Waals surface area contributed by atoms with Gasteiger partial charge in [-0.15, -0.1) is 0 Å². The normalized spacial score (nSPS) is 33.5. The summed E-state index contributed by atoms with van der Waals surface area (Å²) in [5, 5.41) is 3.68. The van der Waals surface area contributed by atoms with E-state index in [0.717, 1.165) is 12.8 Å². The van der Waals surface area contributed by atoms with Gasteiger partial charge < -0.3 is 15.0 Å². The van der Waals surface area contributed by atoms with E-state index in [1.54, 1.807) is 13.8 Å². The van der Waals surface area contributed by atoms with E-state index in [9.17, 15) is 8.42 Å². The van der Waals surface area contributed by atoms with Crippen LogP contribution in [0, 0.1) is 19.8 Å². The van der Waals surface area contributed by atoms with Gasteiger partial charge >= 0.3 is 0 Å². The van der Waals surface area contributed by atoms with Crippen molar-refractivity contribution < 1.29 is 17.7 Å². The van der Waals surface area contributed by atoms with E-state index < -0.39 is 10.0 Å². The van der Waals surface area contributed by atoms with Crippen LogP contribution in [0.2, 0.25) is 0 Å². The molecule has 2 fully saturated rings. The molecule has 1 saturated heterocycles. The minimum absolute atomic E-state index is 0.101. The Labute approximate surface area is 117 Å². The Morgan fingerprint density at radius 1 is 1.40 bits per heavy atom. The largest absolute Gasteiger partial charge is 0.376 e. The number of nitrogens with zero attached hydrogens (tertiary/aromatic N) is 1. The second-order valence-electron chi connectivity index (χ2n) is 5.52. The van der Waals surface area contributed by atoms with Crippen LogP contribution >= 0.6 is 0 Å². The number of hydrogen-bond acceptors (Lipinski definition) is 6. The van der Waals surface area contributed by atoms with Gasteiger partial charge in [-0.3, -0.25) is 0 Å². The minimum atomic E-state index is -3.69. The van der Waals surface area contributed by atoms with Gasteiger partial charge in [0.25, 0.3) is 0 Å². The third-order valence-electron chi connectivity index (χ3n) is 4.20. The number of hydrogen-bond donors (Lipinski definition) is 2. The van der Waals surface area contributed by atoms with Crippen molar-refractivity contribution in [1.82, 2.24) is 9.88 Å². The molecular formula is C12H19N3O4S. The number of rotatable bonds is 3. The molecule has 1 saturated carbocycles. The monoisotopic (exact) mass is 301 g/mol.